The fourth-order valence-electron chi connectivity index (χ4n) is 12.8. The van der Waals surface area contributed by atoms with Crippen LogP contribution in [0.15, 0.2) is 420 Å². The average Bonchev–Trinajstić information content (AvgIpc) is 0.839. The Morgan fingerprint density at radius 3 is 0.709 bits per heavy atom. The zero-order chi connectivity index (χ0) is 90.1. The molecule has 134 heavy (non-hydrogen) atoms. The van der Waals surface area contributed by atoms with Crippen LogP contribution in [0.3, 0.4) is 0 Å². The van der Waals surface area contributed by atoms with Crippen molar-refractivity contribution in [1.29, 1.82) is 0 Å². The normalized spacial score (nSPS) is 9.95. The molecule has 0 aliphatic carbocycles. The van der Waals surface area contributed by atoms with Crippen molar-refractivity contribution >= 4 is 0 Å². The number of hydrogen-bond acceptors (Lipinski definition) is 12. The molecule has 0 unspecified atom stereocenters. The zero-order valence-electron chi connectivity index (χ0n) is 75.3. The van der Waals surface area contributed by atoms with Crippen molar-refractivity contribution in [2.75, 3.05) is 0 Å². The van der Waals surface area contributed by atoms with Crippen molar-refractivity contribution in [3.8, 4) is 135 Å². The van der Waals surface area contributed by atoms with Crippen LogP contribution in [0.2, 0.25) is 0 Å². The molecule has 4 radical (unpaired) electrons. The van der Waals surface area contributed by atoms with Crippen molar-refractivity contribution in [3.05, 3.63) is 508 Å². The van der Waals surface area contributed by atoms with Gasteiger partial charge in [0, 0.05) is 176 Å². The third kappa shape index (κ3) is 32.9. The van der Waals surface area contributed by atoms with Crippen LogP contribution in [-0.4, -0.2) is 59.8 Å². The summed E-state index contributed by atoms with van der Waals surface area (Å²) in [5.74, 6) is 0.427. The molecule has 16 heteroatoms. The Labute approximate surface area is 843 Å². The molecule has 20 rings (SSSR count). The minimum absolute atomic E-state index is 0. The zero-order valence-corrected chi connectivity index (χ0v) is 84.9. The van der Waals surface area contributed by atoms with Crippen LogP contribution in [0.25, 0.3) is 135 Å². The maximum absolute atomic E-state index is 4.70. The van der Waals surface area contributed by atoms with Crippen molar-refractivity contribution in [3.63, 3.8) is 0 Å². The molecule has 12 heterocycles. The van der Waals surface area contributed by atoms with Gasteiger partial charge in [0.1, 0.15) is 0 Å². The van der Waals surface area contributed by atoms with E-state index in [1.54, 1.807) is 12.4 Å². The van der Waals surface area contributed by atoms with Gasteiger partial charge in [-0.2, -0.15) is 0 Å². The Bertz CT molecular complexity index is 6280. The van der Waals surface area contributed by atoms with E-state index < -0.39 is 0 Å². The predicted molar refractivity (Wildman–Crippen MR) is 528 cm³/mol. The van der Waals surface area contributed by atoms with Gasteiger partial charge < -0.3 is 39.9 Å². The molecule has 8 aromatic carbocycles. The van der Waals surface area contributed by atoms with Crippen LogP contribution in [-0.2, 0) is 86.8 Å². The summed E-state index contributed by atoms with van der Waals surface area (Å²) in [5.41, 5.74) is 32.0. The van der Waals surface area contributed by atoms with Gasteiger partial charge in [-0.15, -0.1) is 287 Å². The number of benzene rings is 8. The topological polar surface area (TPSA) is 155 Å². The maximum atomic E-state index is 4.70. The first kappa shape index (κ1) is 104. The molecular formula is C118H96Ir4N12-8. The number of pyridine rings is 12. The number of aromatic nitrogens is 12. The number of hydrogen-bond donors (Lipinski definition) is 0. The summed E-state index contributed by atoms with van der Waals surface area (Å²) in [4.78, 5) is 53.1. The number of aryl methyl sites for hydroxylation is 6. The Kier molecular flexibility index (Phi) is 43.5. The minimum Gasteiger partial charge on any atom is -0.304 e. The maximum Gasteiger partial charge on any atom is 0.0720 e. The molecular weight excluding hydrogens is 2350 g/mol. The van der Waals surface area contributed by atoms with Crippen molar-refractivity contribution in [2.45, 2.75) is 67.7 Å². The summed E-state index contributed by atoms with van der Waals surface area (Å²) in [7, 11) is 0. The summed E-state index contributed by atoms with van der Waals surface area (Å²) >= 11 is 0. The van der Waals surface area contributed by atoms with E-state index in [0.29, 0.717) is 5.92 Å². The molecule has 0 aliphatic rings. The summed E-state index contributed by atoms with van der Waals surface area (Å²) in [5, 5.41) is 0. The summed E-state index contributed by atoms with van der Waals surface area (Å²) in [6.45, 7) is 16.5. The molecule has 0 spiro atoms. The second-order valence-electron chi connectivity index (χ2n) is 30.2. The second kappa shape index (κ2) is 56.1. The van der Waals surface area contributed by atoms with Crippen LogP contribution in [0.5, 0.6) is 0 Å². The fourth-order valence-corrected chi connectivity index (χ4v) is 12.8. The van der Waals surface area contributed by atoms with E-state index in [2.05, 4.69) is 179 Å². The second-order valence-corrected chi connectivity index (χ2v) is 30.2. The van der Waals surface area contributed by atoms with Crippen LogP contribution in [0.1, 0.15) is 66.0 Å². The Balaban J connectivity index is 0.000000172. The number of nitrogens with zero attached hydrogens (tertiary/aromatic N) is 12. The van der Waals surface area contributed by atoms with E-state index in [1.807, 2.05) is 388 Å². The van der Waals surface area contributed by atoms with Gasteiger partial charge in [-0.1, -0.05) is 136 Å². The fraction of sp³-hybridized carbons (Fsp3) is 0.0847. The van der Waals surface area contributed by atoms with Crippen LogP contribution < -0.4 is 0 Å². The van der Waals surface area contributed by atoms with Crippen LogP contribution in [0, 0.1) is 83.1 Å². The first-order chi connectivity index (χ1) is 63.8. The first-order valence-electron chi connectivity index (χ1n) is 42.9. The molecule has 0 saturated heterocycles. The van der Waals surface area contributed by atoms with Crippen LogP contribution >= 0.6 is 0 Å². The summed E-state index contributed by atoms with van der Waals surface area (Å²) in [6.07, 6.45) is 19.5. The molecule has 0 N–H and O–H groups in total. The molecule has 20 aromatic rings. The smallest absolute Gasteiger partial charge is 0.0720 e. The molecule has 672 valence electrons. The van der Waals surface area contributed by atoms with E-state index in [-0.39, 0.29) is 80.4 Å². The third-order valence-electron chi connectivity index (χ3n) is 19.9. The summed E-state index contributed by atoms with van der Waals surface area (Å²) < 4.78 is 0. The number of rotatable bonds is 14. The van der Waals surface area contributed by atoms with Gasteiger partial charge in [0.15, 0.2) is 0 Å². The van der Waals surface area contributed by atoms with Gasteiger partial charge in [-0.25, -0.2) is 0 Å². The van der Waals surface area contributed by atoms with E-state index in [9.17, 15) is 0 Å². The van der Waals surface area contributed by atoms with Crippen molar-refractivity contribution in [1.82, 2.24) is 59.8 Å². The van der Waals surface area contributed by atoms with E-state index in [1.165, 1.54) is 22.3 Å². The van der Waals surface area contributed by atoms with Crippen molar-refractivity contribution < 1.29 is 80.4 Å². The Morgan fingerprint density at radius 2 is 0.470 bits per heavy atom. The predicted octanol–water partition coefficient (Wildman–Crippen LogP) is 27.9. The SMILES string of the molecule is CC(C)c1cccc(-c2ccc(-c3[c-]cccc3)nc2)n1.CCc1cccc(-c2ccc(-c3[c-]cccc3)nc2)n1.Cc1ccc(-c2[c-]cccc2)nc1.Cc1ccc(-c2[c-]cccc2)nc1.Cc1ccc(-c2[c-]cccc2)nc1.Cc1ccc(-c2[c-]cccc2)nc1.Cc1cccc(-c2ccc(-c3[c-]cccc3)nc2)n1.[Ir].[Ir].[Ir].[Ir].[c-]1ccccc1-c1ccc(-c2ccncc2)cn1. The van der Waals surface area contributed by atoms with Gasteiger partial charge in [-0.3, -0.25) is 19.9 Å². The van der Waals surface area contributed by atoms with E-state index >= 15 is 0 Å². The molecule has 0 amide bonds. The molecule has 0 saturated carbocycles. The summed E-state index contributed by atoms with van der Waals surface area (Å²) in [6, 6.07) is 143. The monoisotopic (exact) mass is 2450 g/mol. The largest absolute Gasteiger partial charge is 0.304 e. The molecule has 12 aromatic heterocycles. The molecule has 0 fully saturated rings. The van der Waals surface area contributed by atoms with Gasteiger partial charge in [0.2, 0.25) is 0 Å². The molecule has 0 aliphatic heterocycles. The van der Waals surface area contributed by atoms with Crippen molar-refractivity contribution in [2.24, 2.45) is 0 Å². The molecule has 0 bridgehead atoms. The quantitative estimate of drug-likeness (QED) is 0.0952. The van der Waals surface area contributed by atoms with Gasteiger partial charge >= 0.3 is 0 Å². The van der Waals surface area contributed by atoms with Crippen LogP contribution in [0.4, 0.5) is 0 Å². The standard InChI is InChI=1S/C19H17N2.C18H15N2.C17H13N2.C16H11N2.4C12H10N.4Ir/c1-14(2)17-9-6-10-19(21-17)16-11-12-18(20-13-16)15-7-4-3-5-8-15;1-2-16-9-6-10-18(20-16)15-11-12-17(19-13-15)14-7-4-3-5-8-14;1-13-6-5-9-17(19-13)15-10-11-16(18-12-15)14-7-3-2-4-8-14;1-2-4-14(5-3-1)16-7-6-15(12-18-16)13-8-10-17-11-9-13;4*1-10-7-8-12(13-9-10)11-5-3-2-4-6-11;;;;/h3-7,9-14H,1-2H3;3-7,9-13H,2H2,1H3;2-7,9-12H,1H3;1-4,6-12H;4*2-5,7-9H,1H3;;;;/q8*-1;;;;. The first-order valence-corrected chi connectivity index (χ1v) is 42.9. The van der Waals surface area contributed by atoms with Gasteiger partial charge in [-0.05, 0) is 174 Å². The van der Waals surface area contributed by atoms with Gasteiger partial charge in [0.05, 0.1) is 17.1 Å². The Morgan fingerprint density at radius 1 is 0.216 bits per heavy atom. The minimum atomic E-state index is 0. The Hall–Kier alpha value is -13.8. The average molecular weight is 2450 g/mol. The molecule has 0 atom stereocenters. The van der Waals surface area contributed by atoms with E-state index in [4.69, 9.17) is 4.98 Å². The molecule has 12 nitrogen and oxygen atoms in total. The van der Waals surface area contributed by atoms with Gasteiger partial charge in [0.25, 0.3) is 0 Å². The van der Waals surface area contributed by atoms with E-state index in [0.717, 1.165) is 158 Å². The third-order valence-corrected chi connectivity index (χ3v) is 19.9.